The standard InChI is InChI=1S/C35H39N3O6S2/c1-23-37-38-35(46-23)45-22-29-19-31(26-13-11-24(21-39)12-14-26)44-34(43-29)27-17-15-25(16-18-27)30-8-6-5-7-28(30)20-36-32(40)9-3-2-4-10-33(41)42/h5-8,11-18,29,31,34,39H,2-4,9-10,19-22H2,1H3,(H,36,40)(H,41,42). The Balaban J connectivity index is 1.25. The van der Waals surface area contributed by atoms with Crippen molar-refractivity contribution in [2.75, 3.05) is 5.75 Å². The van der Waals surface area contributed by atoms with Crippen LogP contribution in [0.5, 0.6) is 0 Å². The number of aliphatic hydroxyl groups excluding tert-OH is 1. The van der Waals surface area contributed by atoms with E-state index in [0.29, 0.717) is 32.2 Å². The lowest BCUT2D eigenvalue weighted by molar-refractivity contribution is -0.245. The number of aryl methyl sites for hydroxylation is 1. The molecule has 5 rings (SSSR count). The van der Waals surface area contributed by atoms with Crippen LogP contribution in [0.3, 0.4) is 0 Å². The van der Waals surface area contributed by atoms with E-state index in [-0.39, 0.29) is 31.1 Å². The summed E-state index contributed by atoms with van der Waals surface area (Å²) in [6.45, 7) is 2.35. The number of amides is 1. The van der Waals surface area contributed by atoms with E-state index in [1.54, 1.807) is 23.1 Å². The van der Waals surface area contributed by atoms with Gasteiger partial charge in [0, 0.05) is 37.1 Å². The van der Waals surface area contributed by atoms with Crippen LogP contribution in [0.2, 0.25) is 0 Å². The number of carboxylic acid groups (broad SMARTS) is 1. The molecule has 1 aliphatic rings. The third-order valence-electron chi connectivity index (χ3n) is 7.80. The van der Waals surface area contributed by atoms with Crippen LogP contribution in [0.15, 0.2) is 77.1 Å². The maximum Gasteiger partial charge on any atom is 0.303 e. The maximum atomic E-state index is 12.4. The van der Waals surface area contributed by atoms with Gasteiger partial charge in [-0.2, -0.15) is 0 Å². The van der Waals surface area contributed by atoms with E-state index in [1.807, 2.05) is 67.6 Å². The lowest BCUT2D eigenvalue weighted by Gasteiger charge is -2.36. The second kappa shape index (κ2) is 16.8. The highest BCUT2D eigenvalue weighted by Crippen LogP contribution is 2.40. The molecule has 0 spiro atoms. The molecule has 3 atom stereocenters. The quantitative estimate of drug-likeness (QED) is 0.0911. The van der Waals surface area contributed by atoms with Crippen molar-refractivity contribution in [2.45, 2.75) is 81.4 Å². The van der Waals surface area contributed by atoms with Crippen LogP contribution in [0, 0.1) is 6.92 Å². The summed E-state index contributed by atoms with van der Waals surface area (Å²) in [6.07, 6.45) is 2.38. The minimum atomic E-state index is -0.805. The van der Waals surface area contributed by atoms with Crippen LogP contribution >= 0.6 is 23.1 Å². The Kier molecular flexibility index (Phi) is 12.3. The van der Waals surface area contributed by atoms with E-state index in [2.05, 4.69) is 27.6 Å². The molecule has 46 heavy (non-hydrogen) atoms. The van der Waals surface area contributed by atoms with Gasteiger partial charge in [0.15, 0.2) is 10.6 Å². The Morgan fingerprint density at radius 2 is 1.67 bits per heavy atom. The van der Waals surface area contributed by atoms with Gasteiger partial charge in [0.2, 0.25) is 5.91 Å². The van der Waals surface area contributed by atoms with Crippen LogP contribution in [-0.4, -0.2) is 44.1 Å². The molecular formula is C35H39N3O6S2. The number of unbranched alkanes of at least 4 members (excludes halogenated alkanes) is 2. The van der Waals surface area contributed by atoms with Gasteiger partial charge in [-0.25, -0.2) is 0 Å². The highest BCUT2D eigenvalue weighted by Gasteiger charge is 2.32. The monoisotopic (exact) mass is 661 g/mol. The molecule has 2 heterocycles. The summed E-state index contributed by atoms with van der Waals surface area (Å²) in [7, 11) is 0. The Hall–Kier alpha value is -3.61. The van der Waals surface area contributed by atoms with Crippen LogP contribution < -0.4 is 5.32 Å². The number of hydrogen-bond acceptors (Lipinski definition) is 9. The number of nitrogens with zero attached hydrogens (tertiary/aromatic N) is 2. The molecule has 242 valence electrons. The fourth-order valence-corrected chi connectivity index (χ4v) is 7.18. The molecule has 3 aromatic carbocycles. The second-order valence-electron chi connectivity index (χ2n) is 11.3. The van der Waals surface area contributed by atoms with Crippen LogP contribution in [-0.2, 0) is 32.2 Å². The molecule has 1 fully saturated rings. The van der Waals surface area contributed by atoms with E-state index in [0.717, 1.165) is 54.9 Å². The molecule has 9 nitrogen and oxygen atoms in total. The zero-order valence-electron chi connectivity index (χ0n) is 25.8. The number of carbonyl (C=O) groups excluding carboxylic acids is 1. The topological polar surface area (TPSA) is 131 Å². The number of aliphatic hydroxyl groups is 1. The lowest BCUT2D eigenvalue weighted by Crippen LogP contribution is -2.31. The molecule has 0 saturated carbocycles. The molecule has 1 aliphatic heterocycles. The number of benzene rings is 3. The molecule has 1 saturated heterocycles. The van der Waals surface area contributed by atoms with Gasteiger partial charge in [-0.1, -0.05) is 102 Å². The summed E-state index contributed by atoms with van der Waals surface area (Å²) in [5, 5.41) is 30.6. The van der Waals surface area contributed by atoms with Crippen LogP contribution in [0.1, 0.15) is 78.2 Å². The fraction of sp³-hybridized carbons (Fsp3) is 0.371. The van der Waals surface area contributed by atoms with Crippen molar-refractivity contribution >= 4 is 35.0 Å². The SMILES string of the molecule is Cc1nnc(SCC2CC(c3ccc(CO)cc3)OC(c3ccc(-c4ccccc4CNC(=O)CCCCCC(=O)O)cc3)O2)s1. The summed E-state index contributed by atoms with van der Waals surface area (Å²) in [4.78, 5) is 23.1. The predicted molar refractivity (Wildman–Crippen MR) is 178 cm³/mol. The predicted octanol–water partition coefficient (Wildman–Crippen LogP) is 6.99. The van der Waals surface area contributed by atoms with E-state index >= 15 is 0 Å². The van der Waals surface area contributed by atoms with Crippen molar-refractivity contribution in [3.63, 3.8) is 0 Å². The number of aromatic nitrogens is 2. The smallest absolute Gasteiger partial charge is 0.303 e. The highest BCUT2D eigenvalue weighted by atomic mass is 32.2. The number of hydrogen-bond donors (Lipinski definition) is 3. The fourth-order valence-electron chi connectivity index (χ4n) is 5.32. The largest absolute Gasteiger partial charge is 0.481 e. The minimum absolute atomic E-state index is 0.00387. The summed E-state index contributed by atoms with van der Waals surface area (Å²) in [6, 6.07) is 24.0. The third-order valence-corrected chi connectivity index (χ3v) is 9.90. The summed E-state index contributed by atoms with van der Waals surface area (Å²) in [5.74, 6) is -0.123. The van der Waals surface area contributed by atoms with Crippen molar-refractivity contribution in [1.29, 1.82) is 0 Å². The normalized spacial score (nSPS) is 17.9. The van der Waals surface area contributed by atoms with Gasteiger partial charge >= 0.3 is 5.97 Å². The second-order valence-corrected chi connectivity index (χ2v) is 13.7. The summed E-state index contributed by atoms with van der Waals surface area (Å²) in [5.41, 5.74) is 5.87. The Morgan fingerprint density at radius 1 is 0.935 bits per heavy atom. The Bertz CT molecular complexity index is 1580. The van der Waals surface area contributed by atoms with E-state index in [1.165, 1.54) is 0 Å². The number of nitrogens with one attached hydrogen (secondary N) is 1. The molecule has 11 heteroatoms. The molecule has 4 aromatic rings. The van der Waals surface area contributed by atoms with Gasteiger partial charge < -0.3 is 25.0 Å². The minimum Gasteiger partial charge on any atom is -0.481 e. The van der Waals surface area contributed by atoms with Gasteiger partial charge in [0.05, 0.1) is 18.8 Å². The molecule has 1 amide bonds. The number of thioether (sulfide) groups is 1. The van der Waals surface area contributed by atoms with E-state index in [4.69, 9.17) is 14.6 Å². The van der Waals surface area contributed by atoms with Crippen molar-refractivity contribution < 1.29 is 29.3 Å². The third kappa shape index (κ3) is 9.70. The number of aliphatic carboxylic acids is 1. The van der Waals surface area contributed by atoms with Crippen molar-refractivity contribution in [3.05, 3.63) is 100 Å². The summed E-state index contributed by atoms with van der Waals surface area (Å²) < 4.78 is 13.9. The number of rotatable bonds is 15. The first-order valence-electron chi connectivity index (χ1n) is 15.5. The first-order chi connectivity index (χ1) is 22.4. The van der Waals surface area contributed by atoms with Gasteiger partial charge in [-0.15, -0.1) is 10.2 Å². The molecule has 1 aromatic heterocycles. The zero-order valence-corrected chi connectivity index (χ0v) is 27.4. The molecule has 3 N–H and O–H groups in total. The first kappa shape index (κ1) is 33.7. The number of ether oxygens (including phenoxy) is 2. The molecular weight excluding hydrogens is 623 g/mol. The highest BCUT2D eigenvalue weighted by molar-refractivity contribution is 8.01. The molecule has 0 aliphatic carbocycles. The van der Waals surface area contributed by atoms with Gasteiger partial charge in [0.1, 0.15) is 5.01 Å². The number of carbonyl (C=O) groups is 2. The van der Waals surface area contributed by atoms with Gasteiger partial charge in [-0.05, 0) is 47.6 Å². The molecule has 0 radical (unpaired) electrons. The average Bonchev–Trinajstić information content (AvgIpc) is 3.51. The zero-order chi connectivity index (χ0) is 32.3. The Labute approximate surface area is 277 Å². The van der Waals surface area contributed by atoms with Crippen molar-refractivity contribution in [3.8, 4) is 11.1 Å². The average molecular weight is 662 g/mol. The molecule has 3 unspecified atom stereocenters. The Morgan fingerprint density at radius 3 is 2.39 bits per heavy atom. The first-order valence-corrected chi connectivity index (χ1v) is 17.3. The van der Waals surface area contributed by atoms with Gasteiger partial charge in [0.25, 0.3) is 0 Å². The van der Waals surface area contributed by atoms with Crippen LogP contribution in [0.4, 0.5) is 0 Å². The molecule has 0 bridgehead atoms. The summed E-state index contributed by atoms with van der Waals surface area (Å²) >= 11 is 3.22. The van der Waals surface area contributed by atoms with Crippen LogP contribution in [0.25, 0.3) is 11.1 Å². The van der Waals surface area contributed by atoms with Crippen molar-refractivity contribution in [2.24, 2.45) is 0 Å². The van der Waals surface area contributed by atoms with E-state index < -0.39 is 12.3 Å². The number of carboxylic acids is 1. The van der Waals surface area contributed by atoms with Gasteiger partial charge in [-0.3, -0.25) is 9.59 Å². The maximum absolute atomic E-state index is 12.4. The van der Waals surface area contributed by atoms with Crippen molar-refractivity contribution in [1.82, 2.24) is 15.5 Å². The lowest BCUT2D eigenvalue weighted by atomic mass is 9.97. The van der Waals surface area contributed by atoms with E-state index in [9.17, 15) is 14.7 Å².